The normalized spacial score (nSPS) is 10.3. The molecule has 1 aromatic heterocycles. The summed E-state index contributed by atoms with van der Waals surface area (Å²) in [6.07, 6.45) is 0. The van der Waals surface area contributed by atoms with Crippen molar-refractivity contribution in [3.05, 3.63) is 41.2 Å². The molecule has 0 saturated heterocycles. The maximum Gasteiger partial charge on any atom is 0.249 e. The molecule has 2 rings (SSSR count). The van der Waals surface area contributed by atoms with Gasteiger partial charge >= 0.3 is 0 Å². The highest BCUT2D eigenvalue weighted by molar-refractivity contribution is 5.95. The van der Waals surface area contributed by atoms with Crippen LogP contribution < -0.4 is 10.6 Å². The largest absolute Gasteiger partial charge is 0.384 e. The van der Waals surface area contributed by atoms with E-state index in [1.807, 2.05) is 44.0 Å². The van der Waals surface area contributed by atoms with E-state index in [0.717, 1.165) is 17.1 Å². The maximum absolute atomic E-state index is 7.46. The zero-order valence-electron chi connectivity index (χ0n) is 11.2. The van der Waals surface area contributed by atoms with Crippen LogP contribution in [0.2, 0.25) is 0 Å². The molecular formula is C13H16N6. The van der Waals surface area contributed by atoms with Gasteiger partial charge in [-0.1, -0.05) is 12.1 Å². The van der Waals surface area contributed by atoms with Crippen LogP contribution in [0, 0.1) is 19.3 Å². The highest BCUT2D eigenvalue weighted by atomic mass is 15.3. The van der Waals surface area contributed by atoms with E-state index in [9.17, 15) is 0 Å². The number of nitrogens with one attached hydrogen (secondary N) is 1. The zero-order valence-corrected chi connectivity index (χ0v) is 11.2. The van der Waals surface area contributed by atoms with Crippen LogP contribution in [0.1, 0.15) is 17.0 Å². The lowest BCUT2D eigenvalue weighted by Crippen LogP contribution is -2.17. The van der Waals surface area contributed by atoms with Crippen LogP contribution in [0.5, 0.6) is 0 Å². The molecule has 0 fully saturated rings. The van der Waals surface area contributed by atoms with E-state index < -0.39 is 0 Å². The molecule has 0 bridgehead atoms. The summed E-state index contributed by atoms with van der Waals surface area (Å²) in [5.41, 5.74) is 8.67. The van der Waals surface area contributed by atoms with E-state index in [2.05, 4.69) is 15.2 Å². The summed E-state index contributed by atoms with van der Waals surface area (Å²) in [5, 5.41) is 15.6. The second kappa shape index (κ2) is 5.01. The monoisotopic (exact) mass is 256 g/mol. The number of anilines is 2. The second-order valence-electron chi connectivity index (χ2n) is 4.31. The average Bonchev–Trinajstić information content (AvgIpc) is 2.41. The van der Waals surface area contributed by atoms with Gasteiger partial charge in [0.2, 0.25) is 5.95 Å². The Bertz CT molecular complexity index is 622. The zero-order chi connectivity index (χ0) is 14.0. The third kappa shape index (κ3) is 2.67. The van der Waals surface area contributed by atoms with Crippen molar-refractivity contribution in [2.75, 3.05) is 11.9 Å². The minimum absolute atomic E-state index is 0.0365. The van der Waals surface area contributed by atoms with E-state index in [-0.39, 0.29) is 5.84 Å². The molecule has 98 valence electrons. The molecule has 1 aromatic carbocycles. The highest BCUT2D eigenvalue weighted by Crippen LogP contribution is 2.20. The van der Waals surface area contributed by atoms with Crippen molar-refractivity contribution < 1.29 is 0 Å². The van der Waals surface area contributed by atoms with Gasteiger partial charge in [-0.2, -0.15) is 5.10 Å². The molecule has 6 heteroatoms. The fourth-order valence-corrected chi connectivity index (χ4v) is 1.58. The van der Waals surface area contributed by atoms with Crippen LogP contribution in [0.15, 0.2) is 24.3 Å². The van der Waals surface area contributed by atoms with Gasteiger partial charge in [0.15, 0.2) is 0 Å². The first-order chi connectivity index (χ1) is 8.99. The van der Waals surface area contributed by atoms with Crippen LogP contribution >= 0.6 is 0 Å². The first kappa shape index (κ1) is 12.9. The van der Waals surface area contributed by atoms with Crippen molar-refractivity contribution in [1.29, 1.82) is 5.41 Å². The first-order valence-electron chi connectivity index (χ1n) is 5.85. The van der Waals surface area contributed by atoms with Crippen LogP contribution in [-0.2, 0) is 0 Å². The lowest BCUT2D eigenvalue weighted by molar-refractivity contribution is 0.871. The van der Waals surface area contributed by atoms with Gasteiger partial charge < -0.3 is 10.6 Å². The molecule has 6 nitrogen and oxygen atoms in total. The Balaban J connectivity index is 2.37. The number of aromatic nitrogens is 3. The minimum atomic E-state index is 0.0365. The van der Waals surface area contributed by atoms with E-state index >= 15 is 0 Å². The van der Waals surface area contributed by atoms with E-state index in [1.54, 1.807) is 6.07 Å². The summed E-state index contributed by atoms with van der Waals surface area (Å²) in [5.74, 6) is 0.554. The van der Waals surface area contributed by atoms with E-state index in [0.29, 0.717) is 11.5 Å². The van der Waals surface area contributed by atoms with Crippen LogP contribution in [-0.4, -0.2) is 28.1 Å². The smallest absolute Gasteiger partial charge is 0.249 e. The Hall–Kier alpha value is -2.50. The number of nitrogen functional groups attached to an aromatic ring is 1. The molecule has 3 N–H and O–H groups in total. The first-order valence-corrected chi connectivity index (χ1v) is 5.85. The summed E-state index contributed by atoms with van der Waals surface area (Å²) in [7, 11) is 1.85. The number of aryl methyl sites for hydroxylation is 2. The fraction of sp³-hybridized carbons (Fsp3) is 0.231. The molecular weight excluding hydrogens is 240 g/mol. The van der Waals surface area contributed by atoms with Gasteiger partial charge in [-0.25, -0.2) is 4.98 Å². The van der Waals surface area contributed by atoms with Crippen molar-refractivity contribution in [1.82, 2.24) is 15.2 Å². The summed E-state index contributed by atoms with van der Waals surface area (Å²) < 4.78 is 0. The standard InChI is InChI=1S/C13H16N6/c1-8-9(2)17-18-13(16-8)19(3)11-6-4-5-10(7-11)12(14)15/h4-7H,1-3H3,(H3,14,15). The predicted octanol–water partition coefficient (Wildman–Crippen LogP) is 1.54. The number of nitrogens with zero attached hydrogens (tertiary/aromatic N) is 4. The molecule has 0 spiro atoms. The number of rotatable bonds is 3. The fourth-order valence-electron chi connectivity index (χ4n) is 1.58. The highest BCUT2D eigenvalue weighted by Gasteiger charge is 2.10. The molecule has 0 radical (unpaired) electrons. The number of benzene rings is 1. The molecule has 0 aliphatic rings. The Labute approximate surface area is 111 Å². The Morgan fingerprint density at radius 1 is 1.21 bits per heavy atom. The van der Waals surface area contributed by atoms with Crippen molar-refractivity contribution in [3.8, 4) is 0 Å². The number of nitrogens with two attached hydrogens (primary N) is 1. The molecule has 0 amide bonds. The molecule has 19 heavy (non-hydrogen) atoms. The summed E-state index contributed by atoms with van der Waals surface area (Å²) in [4.78, 5) is 6.20. The molecule has 0 aliphatic carbocycles. The van der Waals surface area contributed by atoms with Crippen molar-refractivity contribution in [2.24, 2.45) is 5.73 Å². The van der Waals surface area contributed by atoms with Gasteiger partial charge in [-0.05, 0) is 26.0 Å². The third-order valence-electron chi connectivity index (χ3n) is 2.93. The molecule has 0 aliphatic heterocycles. The maximum atomic E-state index is 7.46. The molecule has 1 heterocycles. The molecule has 2 aromatic rings. The average molecular weight is 256 g/mol. The van der Waals surface area contributed by atoms with Crippen LogP contribution in [0.3, 0.4) is 0 Å². The summed E-state index contributed by atoms with van der Waals surface area (Å²) in [6, 6.07) is 7.36. The Kier molecular flexibility index (Phi) is 3.41. The molecule has 0 atom stereocenters. The van der Waals surface area contributed by atoms with Gasteiger partial charge in [0.05, 0.1) is 11.4 Å². The molecule has 0 saturated carbocycles. The van der Waals surface area contributed by atoms with E-state index in [4.69, 9.17) is 11.1 Å². The number of hydrogen-bond donors (Lipinski definition) is 2. The second-order valence-corrected chi connectivity index (χ2v) is 4.31. The van der Waals surface area contributed by atoms with Gasteiger partial charge in [-0.3, -0.25) is 5.41 Å². The Morgan fingerprint density at radius 2 is 1.95 bits per heavy atom. The number of amidine groups is 1. The third-order valence-corrected chi connectivity index (χ3v) is 2.93. The van der Waals surface area contributed by atoms with Crippen molar-refractivity contribution in [2.45, 2.75) is 13.8 Å². The Morgan fingerprint density at radius 3 is 2.58 bits per heavy atom. The summed E-state index contributed by atoms with van der Waals surface area (Å²) in [6.45, 7) is 3.77. The lowest BCUT2D eigenvalue weighted by Gasteiger charge is -2.17. The van der Waals surface area contributed by atoms with Crippen LogP contribution in [0.4, 0.5) is 11.6 Å². The topological polar surface area (TPSA) is 91.8 Å². The summed E-state index contributed by atoms with van der Waals surface area (Å²) >= 11 is 0. The van der Waals surface area contributed by atoms with Gasteiger partial charge in [0, 0.05) is 18.3 Å². The molecule has 0 unspecified atom stereocenters. The quantitative estimate of drug-likeness (QED) is 0.642. The van der Waals surface area contributed by atoms with Gasteiger partial charge in [0.25, 0.3) is 0 Å². The number of hydrogen-bond acceptors (Lipinski definition) is 5. The minimum Gasteiger partial charge on any atom is -0.384 e. The SMILES string of the molecule is Cc1nnc(N(C)c2cccc(C(=N)N)c2)nc1C. The lowest BCUT2D eigenvalue weighted by atomic mass is 10.2. The van der Waals surface area contributed by atoms with Gasteiger partial charge in [-0.15, -0.1) is 5.10 Å². The van der Waals surface area contributed by atoms with E-state index in [1.165, 1.54) is 0 Å². The van der Waals surface area contributed by atoms with Crippen LogP contribution in [0.25, 0.3) is 0 Å². The van der Waals surface area contributed by atoms with Crippen molar-refractivity contribution in [3.63, 3.8) is 0 Å². The van der Waals surface area contributed by atoms with Crippen molar-refractivity contribution >= 4 is 17.5 Å². The predicted molar refractivity (Wildman–Crippen MR) is 74.8 cm³/mol. The van der Waals surface area contributed by atoms with Gasteiger partial charge in [0.1, 0.15) is 5.84 Å².